The highest BCUT2D eigenvalue weighted by Gasteiger charge is 2.28. The van der Waals surface area contributed by atoms with E-state index in [4.69, 9.17) is 14.2 Å². The zero-order valence-corrected chi connectivity index (χ0v) is 21.8. The van der Waals surface area contributed by atoms with E-state index in [-0.39, 0.29) is 23.8 Å². The molecule has 1 saturated heterocycles. The first kappa shape index (κ1) is 27.7. The van der Waals surface area contributed by atoms with Crippen molar-refractivity contribution in [3.8, 4) is 11.5 Å². The topological polar surface area (TPSA) is 77.1 Å². The number of amides is 1. The van der Waals surface area contributed by atoms with Crippen molar-refractivity contribution < 1.29 is 23.8 Å². The van der Waals surface area contributed by atoms with Gasteiger partial charge in [-0.2, -0.15) is 0 Å². The minimum Gasteiger partial charge on any atom is -0.497 e. The molecule has 1 N–H and O–H groups in total. The van der Waals surface area contributed by atoms with Gasteiger partial charge in [0, 0.05) is 32.1 Å². The number of rotatable bonds is 15. The van der Waals surface area contributed by atoms with Gasteiger partial charge >= 0.3 is 0 Å². The predicted octanol–water partition coefficient (Wildman–Crippen LogP) is 4.81. The molecule has 0 unspecified atom stereocenters. The second kappa shape index (κ2) is 14.6. The monoisotopic (exact) mass is 496 g/mol. The van der Waals surface area contributed by atoms with E-state index >= 15 is 0 Å². The zero-order chi connectivity index (χ0) is 25.8. The number of unbranched alkanes of at least 4 members (excludes halogenated alkanes) is 2. The molecule has 7 heteroatoms. The molecular formula is C29H40N2O5. The summed E-state index contributed by atoms with van der Waals surface area (Å²) in [6.07, 6.45) is 5.40. The first-order valence-electron chi connectivity index (χ1n) is 12.9. The van der Waals surface area contributed by atoms with E-state index in [1.165, 1.54) is 12.8 Å². The van der Waals surface area contributed by atoms with E-state index in [0.717, 1.165) is 56.0 Å². The highest BCUT2D eigenvalue weighted by molar-refractivity contribution is 5.96. The van der Waals surface area contributed by atoms with Crippen LogP contribution in [-0.4, -0.2) is 63.6 Å². The summed E-state index contributed by atoms with van der Waals surface area (Å²) in [6, 6.07) is 14.9. The molecule has 0 radical (unpaired) electrons. The minimum absolute atomic E-state index is 0.0243. The van der Waals surface area contributed by atoms with Crippen molar-refractivity contribution >= 4 is 11.7 Å². The van der Waals surface area contributed by atoms with Gasteiger partial charge in [-0.1, -0.05) is 18.6 Å². The molecule has 3 rings (SSSR count). The van der Waals surface area contributed by atoms with Crippen LogP contribution in [-0.2, 0) is 9.53 Å². The highest BCUT2D eigenvalue weighted by Crippen LogP contribution is 2.25. The van der Waals surface area contributed by atoms with Gasteiger partial charge < -0.3 is 24.4 Å². The Morgan fingerprint density at radius 2 is 1.42 bits per heavy atom. The van der Waals surface area contributed by atoms with E-state index in [9.17, 15) is 9.59 Å². The van der Waals surface area contributed by atoms with Crippen LogP contribution in [0, 0.1) is 0 Å². The van der Waals surface area contributed by atoms with E-state index in [0.29, 0.717) is 18.4 Å². The van der Waals surface area contributed by atoms with Crippen molar-refractivity contribution in [2.75, 3.05) is 41.0 Å². The lowest BCUT2D eigenvalue weighted by Crippen LogP contribution is -2.47. The van der Waals surface area contributed by atoms with Crippen LogP contribution >= 0.6 is 0 Å². The van der Waals surface area contributed by atoms with Gasteiger partial charge in [0.25, 0.3) is 0 Å². The van der Waals surface area contributed by atoms with Gasteiger partial charge in [-0.15, -0.1) is 0 Å². The van der Waals surface area contributed by atoms with E-state index in [1.807, 2.05) is 24.3 Å². The number of nitrogens with zero attached hydrogens (tertiary/aromatic N) is 1. The van der Waals surface area contributed by atoms with Gasteiger partial charge in [0.1, 0.15) is 17.6 Å². The van der Waals surface area contributed by atoms with E-state index < -0.39 is 0 Å². The molecule has 0 aromatic heterocycles. The molecule has 1 heterocycles. The van der Waals surface area contributed by atoms with Crippen LogP contribution in [0.5, 0.6) is 11.5 Å². The maximum Gasteiger partial charge on any atom is 0.220 e. The lowest BCUT2D eigenvalue weighted by atomic mass is 10.0. The maximum atomic E-state index is 12.9. The number of likely N-dealkylation sites (tertiary alicyclic amines) is 1. The Balaban J connectivity index is 1.48. The number of nitrogens with one attached hydrogen (secondary N) is 1. The third kappa shape index (κ3) is 8.35. The number of hydrogen-bond donors (Lipinski definition) is 1. The van der Waals surface area contributed by atoms with Crippen LogP contribution in [0.3, 0.4) is 0 Å². The molecule has 2 aromatic carbocycles. The Kier molecular flexibility index (Phi) is 11.2. The second-order valence-corrected chi connectivity index (χ2v) is 9.32. The van der Waals surface area contributed by atoms with Crippen molar-refractivity contribution in [3.05, 3.63) is 59.7 Å². The lowest BCUT2D eigenvalue weighted by molar-refractivity contribution is -0.123. The lowest BCUT2D eigenvalue weighted by Gasteiger charge is -2.31. The maximum absolute atomic E-state index is 12.9. The number of benzene rings is 2. The average molecular weight is 497 g/mol. The fraction of sp³-hybridized carbons (Fsp3) is 0.517. The molecule has 7 nitrogen and oxygen atoms in total. The Labute approximate surface area is 215 Å². The smallest absolute Gasteiger partial charge is 0.220 e. The van der Waals surface area contributed by atoms with Gasteiger partial charge in [-0.05, 0) is 80.7 Å². The van der Waals surface area contributed by atoms with Gasteiger partial charge in [0.15, 0.2) is 5.78 Å². The Morgan fingerprint density at radius 3 is 2.00 bits per heavy atom. The van der Waals surface area contributed by atoms with Crippen molar-refractivity contribution in [1.82, 2.24) is 10.2 Å². The normalized spacial score (nSPS) is 15.3. The fourth-order valence-electron chi connectivity index (χ4n) is 4.73. The number of carbonyl (C=O) groups is 2. The molecule has 196 valence electrons. The van der Waals surface area contributed by atoms with Crippen molar-refractivity contribution in [2.24, 2.45) is 0 Å². The molecule has 36 heavy (non-hydrogen) atoms. The first-order valence-corrected chi connectivity index (χ1v) is 12.9. The number of carbonyl (C=O) groups excluding carboxylic acids is 2. The van der Waals surface area contributed by atoms with Crippen molar-refractivity contribution in [1.29, 1.82) is 0 Å². The minimum atomic E-state index is -0.248. The molecule has 2 atom stereocenters. The Morgan fingerprint density at radius 1 is 0.833 bits per heavy atom. The summed E-state index contributed by atoms with van der Waals surface area (Å²) >= 11 is 0. The quantitative estimate of drug-likeness (QED) is 0.282. The first-order chi connectivity index (χ1) is 17.5. The summed E-state index contributed by atoms with van der Waals surface area (Å²) < 4.78 is 16.3. The molecule has 0 spiro atoms. The standard InChI is InChI=1S/C29H40N2O5/c1-34-24-15-11-22(12-16-24)27(32)9-5-4-6-10-28(33)30-26(21-31-19-7-8-20-31)29(36-3)23-13-17-25(35-2)18-14-23/h11-18,26,29H,4-10,19-21H2,1-3H3,(H,30,33)/t26-,29-/m1/s1. The van der Waals surface area contributed by atoms with Gasteiger partial charge in [-0.25, -0.2) is 0 Å². The molecule has 2 aromatic rings. The summed E-state index contributed by atoms with van der Waals surface area (Å²) in [7, 11) is 4.95. The fourth-order valence-corrected chi connectivity index (χ4v) is 4.73. The van der Waals surface area contributed by atoms with Gasteiger partial charge in [0.05, 0.1) is 20.3 Å². The molecular weight excluding hydrogens is 456 g/mol. The number of Topliss-reactive ketones (excluding diaryl/α,β-unsaturated/α-hetero) is 1. The third-order valence-electron chi connectivity index (χ3n) is 6.78. The van der Waals surface area contributed by atoms with Gasteiger partial charge in [0.2, 0.25) is 5.91 Å². The van der Waals surface area contributed by atoms with E-state index in [1.54, 1.807) is 45.6 Å². The number of ether oxygens (including phenoxy) is 3. The van der Waals surface area contributed by atoms with Crippen LogP contribution in [0.15, 0.2) is 48.5 Å². The summed E-state index contributed by atoms with van der Waals surface area (Å²) in [5, 5.41) is 3.24. The van der Waals surface area contributed by atoms with Crippen molar-refractivity contribution in [3.63, 3.8) is 0 Å². The third-order valence-corrected chi connectivity index (χ3v) is 6.78. The number of ketones is 1. The van der Waals surface area contributed by atoms with Gasteiger partial charge in [-0.3, -0.25) is 9.59 Å². The van der Waals surface area contributed by atoms with Crippen LogP contribution in [0.1, 0.15) is 67.0 Å². The summed E-state index contributed by atoms with van der Waals surface area (Å²) in [6.45, 7) is 2.86. The second-order valence-electron chi connectivity index (χ2n) is 9.32. The molecule has 0 aliphatic carbocycles. The van der Waals surface area contributed by atoms with E-state index in [2.05, 4.69) is 10.2 Å². The molecule has 1 fully saturated rings. The Bertz CT molecular complexity index is 939. The molecule has 1 amide bonds. The summed E-state index contributed by atoms with van der Waals surface area (Å²) in [4.78, 5) is 27.7. The van der Waals surface area contributed by atoms with Crippen LogP contribution in [0.2, 0.25) is 0 Å². The molecule has 0 saturated carbocycles. The van der Waals surface area contributed by atoms with Crippen LogP contribution < -0.4 is 14.8 Å². The molecule has 1 aliphatic rings. The van der Waals surface area contributed by atoms with Crippen LogP contribution in [0.4, 0.5) is 0 Å². The van der Waals surface area contributed by atoms with Crippen LogP contribution in [0.25, 0.3) is 0 Å². The highest BCUT2D eigenvalue weighted by atomic mass is 16.5. The predicted molar refractivity (Wildman–Crippen MR) is 141 cm³/mol. The summed E-state index contributed by atoms with van der Waals surface area (Å²) in [5.41, 5.74) is 1.71. The average Bonchev–Trinajstić information content (AvgIpc) is 3.42. The Hall–Kier alpha value is -2.90. The zero-order valence-electron chi connectivity index (χ0n) is 21.8. The molecule has 0 bridgehead atoms. The van der Waals surface area contributed by atoms with Crippen molar-refractivity contribution in [2.45, 2.75) is 57.1 Å². The number of methoxy groups -OCH3 is 3. The number of hydrogen-bond acceptors (Lipinski definition) is 6. The summed E-state index contributed by atoms with van der Waals surface area (Å²) in [5.74, 6) is 1.67. The SMILES string of the molecule is COc1ccc(C(=O)CCCCCC(=O)N[C@H](CN2CCCC2)[C@H](OC)c2ccc(OC)cc2)cc1. The molecule has 1 aliphatic heterocycles. The largest absolute Gasteiger partial charge is 0.497 e.